The third kappa shape index (κ3) is 4.00. The number of hydrogen-bond acceptors (Lipinski definition) is 6. The molecule has 1 N–H and O–H groups in total. The van der Waals surface area contributed by atoms with Crippen LogP contribution in [0.15, 0.2) is 29.3 Å². The molecule has 23 heavy (non-hydrogen) atoms. The molecule has 122 valence electrons. The number of carbonyl (C=O) groups is 1. The van der Waals surface area contributed by atoms with Crippen LogP contribution in [-0.4, -0.2) is 47.6 Å². The quantitative estimate of drug-likeness (QED) is 0.660. The minimum absolute atomic E-state index is 0.0406. The number of nitrogens with one attached hydrogen (secondary N) is 1. The van der Waals surface area contributed by atoms with Crippen molar-refractivity contribution >= 4 is 38.4 Å². The Balaban J connectivity index is 1.65. The Kier molecular flexibility index (Phi) is 4.54. The van der Waals surface area contributed by atoms with Crippen LogP contribution in [0.4, 0.5) is 0 Å². The lowest BCUT2D eigenvalue weighted by molar-refractivity contribution is -0.119. The monoisotopic (exact) mass is 351 g/mol. The molecule has 0 aliphatic carbocycles. The summed E-state index contributed by atoms with van der Waals surface area (Å²) in [6.45, 7) is 1.82. The molecular weight excluding hydrogens is 334 g/mol. The molecule has 2 aromatic rings. The molecule has 1 amide bonds. The number of nitrogens with zero attached hydrogens (tertiary/aromatic N) is 2. The number of fused-ring (bicyclic) bond motifs is 1. The zero-order chi connectivity index (χ0) is 16.4. The summed E-state index contributed by atoms with van der Waals surface area (Å²) < 4.78 is 22.8. The lowest BCUT2D eigenvalue weighted by Gasteiger charge is -2.11. The highest BCUT2D eigenvalue weighted by atomic mass is 32.2. The molecule has 1 aliphatic heterocycles. The summed E-state index contributed by atoms with van der Waals surface area (Å²) in [7, 11) is -2.98. The molecule has 1 aromatic heterocycles. The number of benzene rings is 1. The van der Waals surface area contributed by atoms with Gasteiger partial charge >= 0.3 is 0 Å². The second-order valence-corrected chi connectivity index (χ2v) is 8.74. The molecule has 1 fully saturated rings. The number of para-hydroxylation sites is 1. The molecular formula is C15H17N3O3S2. The fourth-order valence-corrected chi connectivity index (χ4v) is 5.13. The zero-order valence-corrected chi connectivity index (χ0v) is 14.3. The van der Waals surface area contributed by atoms with Crippen molar-refractivity contribution in [1.82, 2.24) is 15.3 Å². The van der Waals surface area contributed by atoms with E-state index in [0.29, 0.717) is 12.2 Å². The van der Waals surface area contributed by atoms with E-state index in [4.69, 9.17) is 0 Å². The molecule has 3 rings (SSSR count). The molecule has 1 aromatic carbocycles. The van der Waals surface area contributed by atoms with Gasteiger partial charge in [0, 0.05) is 11.4 Å². The lowest BCUT2D eigenvalue weighted by Crippen LogP contribution is -2.36. The van der Waals surface area contributed by atoms with Crippen molar-refractivity contribution in [3.05, 3.63) is 30.1 Å². The maximum atomic E-state index is 12.0. The topological polar surface area (TPSA) is 89.0 Å². The van der Waals surface area contributed by atoms with E-state index in [1.807, 2.05) is 31.2 Å². The highest BCUT2D eigenvalue weighted by molar-refractivity contribution is 8.00. The third-order valence-corrected chi connectivity index (χ3v) is 6.38. The summed E-state index contributed by atoms with van der Waals surface area (Å²) >= 11 is 1.34. The SMILES string of the molecule is Cc1nc(SCC(=O)N[C@H]2CCS(=O)(=O)C2)c2ccccc2n1. The Bertz CT molecular complexity index is 852. The number of amides is 1. The van der Waals surface area contributed by atoms with Crippen molar-refractivity contribution in [3.63, 3.8) is 0 Å². The zero-order valence-electron chi connectivity index (χ0n) is 12.7. The summed E-state index contributed by atoms with van der Waals surface area (Å²) in [6, 6.07) is 7.40. The van der Waals surface area contributed by atoms with Gasteiger partial charge in [-0.1, -0.05) is 30.0 Å². The van der Waals surface area contributed by atoms with Gasteiger partial charge in [0.2, 0.25) is 5.91 Å². The first-order chi connectivity index (χ1) is 10.9. The largest absolute Gasteiger partial charge is 0.352 e. The molecule has 6 nitrogen and oxygen atoms in total. The molecule has 0 radical (unpaired) electrons. The fraction of sp³-hybridized carbons (Fsp3) is 0.400. The first-order valence-electron chi connectivity index (χ1n) is 7.29. The van der Waals surface area contributed by atoms with E-state index in [1.165, 1.54) is 11.8 Å². The van der Waals surface area contributed by atoms with Crippen LogP contribution in [-0.2, 0) is 14.6 Å². The van der Waals surface area contributed by atoms with Crippen molar-refractivity contribution in [2.24, 2.45) is 0 Å². The van der Waals surface area contributed by atoms with E-state index < -0.39 is 9.84 Å². The molecule has 0 bridgehead atoms. The minimum Gasteiger partial charge on any atom is -0.352 e. The van der Waals surface area contributed by atoms with Crippen LogP contribution in [0.3, 0.4) is 0 Å². The maximum Gasteiger partial charge on any atom is 0.230 e. The number of carbonyl (C=O) groups excluding carboxylic acids is 1. The van der Waals surface area contributed by atoms with Gasteiger partial charge in [-0.3, -0.25) is 4.79 Å². The smallest absolute Gasteiger partial charge is 0.230 e. The fourth-order valence-electron chi connectivity index (χ4n) is 2.58. The average Bonchev–Trinajstić information content (AvgIpc) is 2.83. The molecule has 0 unspecified atom stereocenters. The number of sulfone groups is 1. The minimum atomic E-state index is -2.98. The summed E-state index contributed by atoms with van der Waals surface area (Å²) in [5.41, 5.74) is 0.852. The molecule has 2 heterocycles. The van der Waals surface area contributed by atoms with E-state index in [-0.39, 0.29) is 29.2 Å². The summed E-state index contributed by atoms with van der Waals surface area (Å²) in [5.74, 6) is 0.891. The Morgan fingerprint density at radius 3 is 2.87 bits per heavy atom. The Hall–Kier alpha value is -1.67. The van der Waals surface area contributed by atoms with E-state index in [0.717, 1.165) is 15.9 Å². The Labute approximate surface area is 139 Å². The number of hydrogen-bond donors (Lipinski definition) is 1. The normalized spacial score (nSPS) is 19.8. The molecule has 1 atom stereocenters. The van der Waals surface area contributed by atoms with Crippen molar-refractivity contribution in [3.8, 4) is 0 Å². The summed E-state index contributed by atoms with van der Waals surface area (Å²) in [6.07, 6.45) is 0.494. The molecule has 1 aliphatic rings. The summed E-state index contributed by atoms with van der Waals surface area (Å²) in [4.78, 5) is 20.8. The van der Waals surface area contributed by atoms with Gasteiger partial charge in [0.25, 0.3) is 0 Å². The predicted octanol–water partition coefficient (Wildman–Crippen LogP) is 1.33. The van der Waals surface area contributed by atoms with Gasteiger partial charge in [0.15, 0.2) is 9.84 Å². The van der Waals surface area contributed by atoms with Gasteiger partial charge in [-0.15, -0.1) is 0 Å². The Morgan fingerprint density at radius 1 is 1.35 bits per heavy atom. The predicted molar refractivity (Wildman–Crippen MR) is 90.2 cm³/mol. The number of rotatable bonds is 4. The van der Waals surface area contributed by atoms with Crippen LogP contribution >= 0.6 is 11.8 Å². The summed E-state index contributed by atoms with van der Waals surface area (Å²) in [5, 5.41) is 4.47. The molecule has 0 spiro atoms. The van der Waals surface area contributed by atoms with Crippen molar-refractivity contribution in [1.29, 1.82) is 0 Å². The van der Waals surface area contributed by atoms with E-state index in [2.05, 4.69) is 15.3 Å². The number of aromatic nitrogens is 2. The van der Waals surface area contributed by atoms with Crippen LogP contribution in [0.2, 0.25) is 0 Å². The van der Waals surface area contributed by atoms with Crippen LogP contribution in [0.5, 0.6) is 0 Å². The van der Waals surface area contributed by atoms with E-state index in [1.54, 1.807) is 0 Å². The van der Waals surface area contributed by atoms with Gasteiger partial charge in [-0.2, -0.15) is 0 Å². The maximum absolute atomic E-state index is 12.0. The van der Waals surface area contributed by atoms with Gasteiger partial charge < -0.3 is 5.32 Å². The van der Waals surface area contributed by atoms with Crippen molar-refractivity contribution in [2.45, 2.75) is 24.4 Å². The van der Waals surface area contributed by atoms with Gasteiger partial charge in [0.1, 0.15) is 10.9 Å². The number of aryl methyl sites for hydroxylation is 1. The van der Waals surface area contributed by atoms with Gasteiger partial charge in [-0.25, -0.2) is 18.4 Å². The second-order valence-electron chi connectivity index (χ2n) is 5.55. The second kappa shape index (κ2) is 6.45. The lowest BCUT2D eigenvalue weighted by atomic mass is 10.2. The van der Waals surface area contributed by atoms with Gasteiger partial charge in [-0.05, 0) is 19.4 Å². The van der Waals surface area contributed by atoms with Crippen molar-refractivity contribution in [2.75, 3.05) is 17.3 Å². The van der Waals surface area contributed by atoms with Crippen LogP contribution in [0, 0.1) is 6.92 Å². The van der Waals surface area contributed by atoms with Gasteiger partial charge in [0.05, 0.1) is 22.8 Å². The molecule has 8 heteroatoms. The van der Waals surface area contributed by atoms with E-state index in [9.17, 15) is 13.2 Å². The van der Waals surface area contributed by atoms with E-state index >= 15 is 0 Å². The first-order valence-corrected chi connectivity index (χ1v) is 10.1. The van der Waals surface area contributed by atoms with Crippen LogP contribution in [0.25, 0.3) is 10.9 Å². The molecule has 1 saturated heterocycles. The first kappa shape index (κ1) is 16.2. The molecule has 0 saturated carbocycles. The number of thioether (sulfide) groups is 1. The Morgan fingerprint density at radius 2 is 2.13 bits per heavy atom. The average molecular weight is 351 g/mol. The highest BCUT2D eigenvalue weighted by Crippen LogP contribution is 2.25. The van der Waals surface area contributed by atoms with Crippen LogP contribution < -0.4 is 5.32 Å². The standard InChI is InChI=1S/C15H17N3O3S2/c1-10-16-13-5-3-2-4-12(13)15(17-10)22-8-14(19)18-11-6-7-23(20,21)9-11/h2-5,11H,6-9H2,1H3,(H,18,19)/t11-/m0/s1. The third-order valence-electron chi connectivity index (χ3n) is 3.62. The highest BCUT2D eigenvalue weighted by Gasteiger charge is 2.28. The van der Waals surface area contributed by atoms with Crippen LogP contribution in [0.1, 0.15) is 12.2 Å². The van der Waals surface area contributed by atoms with Crippen molar-refractivity contribution < 1.29 is 13.2 Å².